The first-order valence-electron chi connectivity index (χ1n) is 13.6. The average molecular weight is 535 g/mol. The fourth-order valence-corrected chi connectivity index (χ4v) is 5.60. The van der Waals surface area contributed by atoms with Crippen LogP contribution in [-0.4, -0.2) is 26.1 Å². The molecule has 5 N–H and O–H groups in total. The zero-order chi connectivity index (χ0) is 27.6. The van der Waals surface area contributed by atoms with E-state index in [1.54, 1.807) is 18.5 Å². The van der Waals surface area contributed by atoms with Crippen LogP contribution in [-0.2, 0) is 4.79 Å². The summed E-state index contributed by atoms with van der Waals surface area (Å²) in [5.74, 6) is -0.136. The molecule has 6 rings (SSSR count). The van der Waals surface area contributed by atoms with Crippen molar-refractivity contribution in [1.82, 2.24) is 25.5 Å². The van der Waals surface area contributed by atoms with Gasteiger partial charge in [-0.15, -0.1) is 0 Å². The van der Waals surface area contributed by atoms with E-state index in [9.17, 15) is 9.18 Å². The maximum Gasteiger partial charge on any atom is 0.227 e. The number of fused-ring (bicyclic) bond motifs is 2. The van der Waals surface area contributed by atoms with E-state index in [-0.39, 0.29) is 17.6 Å². The summed E-state index contributed by atoms with van der Waals surface area (Å²) in [5.41, 5.74) is 13.2. The summed E-state index contributed by atoms with van der Waals surface area (Å²) in [6.45, 7) is 1.89. The summed E-state index contributed by atoms with van der Waals surface area (Å²) in [7, 11) is 0. The van der Waals surface area contributed by atoms with E-state index in [1.165, 1.54) is 18.6 Å². The topological polar surface area (TPSA) is 112 Å². The second-order valence-corrected chi connectivity index (χ2v) is 10.4. The second kappa shape index (κ2) is 10.8. The van der Waals surface area contributed by atoms with Gasteiger partial charge in [0.1, 0.15) is 11.5 Å². The lowest BCUT2D eigenvalue weighted by molar-refractivity contribution is -0.125. The van der Waals surface area contributed by atoms with Crippen molar-refractivity contribution in [2.24, 2.45) is 11.7 Å². The summed E-state index contributed by atoms with van der Waals surface area (Å²) >= 11 is 0. The molecular weight excluding hydrogens is 503 g/mol. The van der Waals surface area contributed by atoms with Crippen LogP contribution in [0.2, 0.25) is 0 Å². The number of H-pyrrole nitrogens is 2. The van der Waals surface area contributed by atoms with E-state index in [2.05, 4.69) is 25.5 Å². The van der Waals surface area contributed by atoms with Gasteiger partial charge in [-0.25, -0.2) is 4.39 Å². The van der Waals surface area contributed by atoms with Crippen LogP contribution in [0.1, 0.15) is 44.6 Å². The number of hydrogen-bond donors (Lipinski definition) is 4. The number of carbonyl (C=O) groups excluding carboxylic acids is 1. The molecule has 40 heavy (non-hydrogen) atoms. The molecule has 1 fully saturated rings. The van der Waals surface area contributed by atoms with Crippen molar-refractivity contribution >= 4 is 33.3 Å². The number of pyridine rings is 1. The number of benzene rings is 2. The van der Waals surface area contributed by atoms with Gasteiger partial charge in [0.25, 0.3) is 0 Å². The molecule has 0 unspecified atom stereocenters. The first-order chi connectivity index (χ1) is 19.5. The SMILES string of the molecule is C/C(=C\C(=C/N)c1ccc2[nH]nc(-c3cc4c(-c5cccc(F)c5)nccc4[nH]3)c2c1)NC(=O)C1CCCCC1. The number of nitrogens with zero attached hydrogens (tertiary/aromatic N) is 2. The number of amides is 1. The monoisotopic (exact) mass is 534 g/mol. The third-order valence-corrected chi connectivity index (χ3v) is 7.65. The van der Waals surface area contributed by atoms with Crippen LogP contribution in [0.3, 0.4) is 0 Å². The van der Waals surface area contributed by atoms with E-state index in [0.717, 1.165) is 75.7 Å². The molecule has 1 amide bonds. The van der Waals surface area contributed by atoms with Gasteiger partial charge < -0.3 is 16.0 Å². The third kappa shape index (κ3) is 5.00. The number of halogens is 1. The van der Waals surface area contributed by atoms with Crippen molar-refractivity contribution in [3.05, 3.63) is 90.1 Å². The van der Waals surface area contributed by atoms with Gasteiger partial charge in [0.2, 0.25) is 5.91 Å². The van der Waals surface area contributed by atoms with Crippen LogP contribution in [0.15, 0.2) is 78.8 Å². The Morgan fingerprint density at radius 3 is 2.65 bits per heavy atom. The Labute approximate surface area is 231 Å². The van der Waals surface area contributed by atoms with Gasteiger partial charge in [0.05, 0.1) is 16.9 Å². The number of aromatic amines is 2. The van der Waals surface area contributed by atoms with Gasteiger partial charge in [0.15, 0.2) is 0 Å². The molecule has 1 aliphatic rings. The van der Waals surface area contributed by atoms with E-state index < -0.39 is 0 Å². The molecule has 0 radical (unpaired) electrons. The number of rotatable bonds is 6. The van der Waals surface area contributed by atoms with Gasteiger partial charge in [-0.2, -0.15) is 5.10 Å². The van der Waals surface area contributed by atoms with Crippen LogP contribution in [0.5, 0.6) is 0 Å². The highest BCUT2D eigenvalue weighted by Crippen LogP contribution is 2.34. The lowest BCUT2D eigenvalue weighted by Crippen LogP contribution is -2.30. The molecule has 1 aliphatic carbocycles. The molecule has 0 spiro atoms. The molecule has 3 aromatic heterocycles. The summed E-state index contributed by atoms with van der Waals surface area (Å²) in [5, 5.41) is 12.6. The van der Waals surface area contributed by atoms with Gasteiger partial charge in [-0.05, 0) is 73.4 Å². The summed E-state index contributed by atoms with van der Waals surface area (Å²) < 4.78 is 13.9. The molecule has 0 aliphatic heterocycles. The normalized spacial score (nSPS) is 15.2. The van der Waals surface area contributed by atoms with Crippen LogP contribution in [0.4, 0.5) is 4.39 Å². The Balaban J connectivity index is 1.32. The van der Waals surface area contributed by atoms with Crippen molar-refractivity contribution < 1.29 is 9.18 Å². The fraction of sp³-hybridized carbons (Fsp3) is 0.219. The molecule has 0 atom stereocenters. The molecular formula is C32H31FN6O. The van der Waals surface area contributed by atoms with Crippen LogP contribution in [0, 0.1) is 11.7 Å². The largest absolute Gasteiger partial charge is 0.404 e. The lowest BCUT2D eigenvalue weighted by atomic mass is 9.88. The van der Waals surface area contributed by atoms with Gasteiger partial charge in [-0.1, -0.05) is 37.5 Å². The Morgan fingerprint density at radius 1 is 1.02 bits per heavy atom. The summed E-state index contributed by atoms with van der Waals surface area (Å²) in [6, 6.07) is 16.3. The summed E-state index contributed by atoms with van der Waals surface area (Å²) in [6.07, 6.45) is 10.5. The molecule has 0 saturated heterocycles. The fourth-order valence-electron chi connectivity index (χ4n) is 5.60. The van der Waals surface area contributed by atoms with Crippen LogP contribution < -0.4 is 11.1 Å². The summed E-state index contributed by atoms with van der Waals surface area (Å²) in [4.78, 5) is 20.7. The van der Waals surface area contributed by atoms with Crippen LogP contribution >= 0.6 is 0 Å². The molecule has 0 bridgehead atoms. The standard InChI is InChI=1S/C32H31FN6O/c1-19(36-32(40)20-6-3-2-4-7-20)14-23(18-34)21-10-11-28-25(16-21)31(39-38-28)29-17-26-27(37-29)12-13-35-30(26)22-8-5-9-24(33)15-22/h5,8-18,20,37H,2-4,6-7,34H2,1H3,(H,36,40)(H,38,39)/b19-14+,23-18+. The van der Waals surface area contributed by atoms with Crippen molar-refractivity contribution in [2.75, 3.05) is 0 Å². The maximum absolute atomic E-state index is 13.9. The molecule has 3 heterocycles. The third-order valence-electron chi connectivity index (χ3n) is 7.65. The number of nitrogens with one attached hydrogen (secondary N) is 3. The highest BCUT2D eigenvalue weighted by Gasteiger charge is 2.21. The lowest BCUT2D eigenvalue weighted by Gasteiger charge is -2.21. The molecule has 202 valence electrons. The van der Waals surface area contributed by atoms with Gasteiger partial charge in [-0.3, -0.25) is 14.9 Å². The van der Waals surface area contributed by atoms with Gasteiger partial charge in [0, 0.05) is 45.9 Å². The minimum absolute atomic E-state index is 0.0835. The first-order valence-corrected chi connectivity index (χ1v) is 13.6. The van der Waals surface area contributed by atoms with E-state index >= 15 is 0 Å². The number of allylic oxidation sites excluding steroid dienone is 3. The minimum atomic E-state index is -0.306. The van der Waals surface area contributed by atoms with Crippen molar-refractivity contribution in [1.29, 1.82) is 0 Å². The van der Waals surface area contributed by atoms with Crippen molar-refractivity contribution in [2.45, 2.75) is 39.0 Å². The number of hydrogen-bond acceptors (Lipinski definition) is 4. The molecule has 8 heteroatoms. The van der Waals surface area contributed by atoms with E-state index in [1.807, 2.05) is 49.4 Å². The second-order valence-electron chi connectivity index (χ2n) is 10.4. The molecule has 2 aromatic carbocycles. The van der Waals surface area contributed by atoms with E-state index in [0.29, 0.717) is 11.3 Å². The highest BCUT2D eigenvalue weighted by atomic mass is 19.1. The van der Waals surface area contributed by atoms with Crippen LogP contribution in [0.25, 0.3) is 50.0 Å². The predicted octanol–water partition coefficient (Wildman–Crippen LogP) is 6.81. The van der Waals surface area contributed by atoms with Gasteiger partial charge >= 0.3 is 0 Å². The van der Waals surface area contributed by atoms with E-state index in [4.69, 9.17) is 5.73 Å². The molecule has 7 nitrogen and oxygen atoms in total. The molecule has 5 aromatic rings. The number of aromatic nitrogens is 4. The highest BCUT2D eigenvalue weighted by molar-refractivity contribution is 6.00. The zero-order valence-electron chi connectivity index (χ0n) is 22.3. The predicted molar refractivity (Wildman–Crippen MR) is 157 cm³/mol. The number of nitrogens with two attached hydrogens (primary N) is 1. The average Bonchev–Trinajstić information content (AvgIpc) is 3.60. The van der Waals surface area contributed by atoms with Crippen molar-refractivity contribution in [3.63, 3.8) is 0 Å². The zero-order valence-corrected chi connectivity index (χ0v) is 22.3. The molecule has 1 saturated carbocycles. The Hall–Kier alpha value is -4.72. The smallest absolute Gasteiger partial charge is 0.227 e. The maximum atomic E-state index is 13.9. The minimum Gasteiger partial charge on any atom is -0.404 e. The Kier molecular flexibility index (Phi) is 6.90. The Morgan fingerprint density at radius 2 is 1.85 bits per heavy atom. The van der Waals surface area contributed by atoms with Crippen molar-refractivity contribution in [3.8, 4) is 22.6 Å². The Bertz CT molecular complexity index is 1770. The first kappa shape index (κ1) is 25.6. The number of carbonyl (C=O) groups is 1. The quantitative estimate of drug-likeness (QED) is 0.179.